The van der Waals surface area contributed by atoms with Gasteiger partial charge in [0.25, 0.3) is 0 Å². The Morgan fingerprint density at radius 3 is 2.44 bits per heavy atom. The molecule has 1 saturated carbocycles. The number of hydrogen-bond donors (Lipinski definition) is 1. The summed E-state index contributed by atoms with van der Waals surface area (Å²) in [6.07, 6.45) is 4.69. The molecule has 1 aliphatic carbocycles. The van der Waals surface area contributed by atoms with Gasteiger partial charge in [-0.15, -0.1) is 0 Å². The lowest BCUT2D eigenvalue weighted by Gasteiger charge is -2.38. The van der Waals surface area contributed by atoms with Crippen molar-refractivity contribution in [2.75, 3.05) is 16.8 Å². The molecule has 4 aromatic rings. The van der Waals surface area contributed by atoms with Crippen LogP contribution < -0.4 is 10.2 Å². The minimum Gasteiger partial charge on any atom is -0.443 e. The molecule has 1 amide bonds. The van der Waals surface area contributed by atoms with Crippen molar-refractivity contribution >= 4 is 28.8 Å². The number of amides is 1. The third-order valence-corrected chi connectivity index (χ3v) is 6.37. The molecule has 7 heteroatoms. The minimum atomic E-state index is -0.543. The average molecular weight is 484 g/mol. The summed E-state index contributed by atoms with van der Waals surface area (Å²) in [6.45, 7) is 8.49. The highest BCUT2D eigenvalue weighted by Gasteiger charge is 2.33. The number of anilines is 2. The zero-order valence-corrected chi connectivity index (χ0v) is 21.4. The third kappa shape index (κ3) is 4.78. The number of benzene rings is 2. The van der Waals surface area contributed by atoms with Crippen LogP contribution >= 0.6 is 0 Å². The summed E-state index contributed by atoms with van der Waals surface area (Å²) in [6, 6.07) is 20.7. The lowest BCUT2D eigenvalue weighted by atomic mass is 9.91. The van der Waals surface area contributed by atoms with Gasteiger partial charge in [-0.1, -0.05) is 30.3 Å². The summed E-state index contributed by atoms with van der Waals surface area (Å²) in [7, 11) is 0. The molecule has 0 radical (unpaired) electrons. The van der Waals surface area contributed by atoms with Gasteiger partial charge in [0.15, 0.2) is 0 Å². The molecule has 5 rings (SSSR count). The second kappa shape index (κ2) is 9.64. The van der Waals surface area contributed by atoms with Gasteiger partial charge in [-0.3, -0.25) is 4.90 Å². The molecule has 186 valence electrons. The van der Waals surface area contributed by atoms with Gasteiger partial charge in [0.05, 0.1) is 22.9 Å². The maximum absolute atomic E-state index is 13.1. The van der Waals surface area contributed by atoms with Gasteiger partial charge in [-0.25, -0.2) is 14.8 Å². The standard InChI is InChI=1S/C29H33N5O2/c1-5-30-27-31-19-26-24(32-27)18-25(20-10-7-6-8-11-20)34(26)23-16-14-22(15-17-23)33(21-12-9-13-21)28(35)36-29(2,3)4/h6-8,10-11,14-19,21H,5,9,12-13H2,1-4H3,(H,30,31,32). The minimum absolute atomic E-state index is 0.177. The molecule has 0 aliphatic heterocycles. The molecular formula is C29H33N5O2. The predicted molar refractivity (Wildman–Crippen MR) is 145 cm³/mol. The first kappa shape index (κ1) is 23.9. The summed E-state index contributed by atoms with van der Waals surface area (Å²) in [5.74, 6) is 0.616. The van der Waals surface area contributed by atoms with Crippen LogP contribution in [0, 0.1) is 0 Å². The summed E-state index contributed by atoms with van der Waals surface area (Å²) in [4.78, 5) is 24.1. The Balaban J connectivity index is 1.56. The van der Waals surface area contributed by atoms with Crippen molar-refractivity contribution in [1.29, 1.82) is 0 Å². The van der Waals surface area contributed by atoms with E-state index in [4.69, 9.17) is 9.72 Å². The van der Waals surface area contributed by atoms with Crippen LogP contribution in [-0.2, 0) is 4.74 Å². The molecular weight excluding hydrogens is 450 g/mol. The Bertz CT molecular complexity index is 1350. The van der Waals surface area contributed by atoms with Crippen LogP contribution in [-0.4, -0.2) is 38.8 Å². The van der Waals surface area contributed by atoms with E-state index in [0.29, 0.717) is 5.95 Å². The number of fused-ring (bicyclic) bond motifs is 1. The fourth-order valence-corrected chi connectivity index (χ4v) is 4.52. The maximum atomic E-state index is 13.1. The number of rotatable bonds is 6. The molecule has 36 heavy (non-hydrogen) atoms. The SMILES string of the molecule is CCNc1ncc2c(cc(-c3ccccc3)n2-c2ccc(N(C(=O)OC(C)(C)C)C3CCC3)cc2)n1. The number of ether oxygens (including phenoxy) is 1. The molecule has 0 bridgehead atoms. The van der Waals surface area contributed by atoms with Crippen LogP contribution in [0.25, 0.3) is 28.0 Å². The van der Waals surface area contributed by atoms with Crippen molar-refractivity contribution in [3.05, 3.63) is 66.9 Å². The number of aromatic nitrogens is 3. The number of carbonyl (C=O) groups excluding carboxylic acids is 1. The van der Waals surface area contributed by atoms with E-state index in [1.807, 2.05) is 69.1 Å². The van der Waals surface area contributed by atoms with Gasteiger partial charge in [-0.2, -0.15) is 0 Å². The maximum Gasteiger partial charge on any atom is 0.415 e. The van der Waals surface area contributed by atoms with Gasteiger partial charge in [-0.05, 0) is 82.9 Å². The smallest absolute Gasteiger partial charge is 0.415 e. The summed E-state index contributed by atoms with van der Waals surface area (Å²) >= 11 is 0. The van der Waals surface area contributed by atoms with Crippen LogP contribution in [0.4, 0.5) is 16.4 Å². The van der Waals surface area contributed by atoms with Crippen LogP contribution in [0.2, 0.25) is 0 Å². The molecule has 2 aromatic carbocycles. The Morgan fingerprint density at radius 2 is 1.83 bits per heavy atom. The topological polar surface area (TPSA) is 72.3 Å². The van der Waals surface area contributed by atoms with Crippen molar-refractivity contribution in [2.24, 2.45) is 0 Å². The zero-order chi connectivity index (χ0) is 25.3. The molecule has 1 N–H and O–H groups in total. The van der Waals surface area contributed by atoms with Gasteiger partial charge >= 0.3 is 6.09 Å². The van der Waals surface area contributed by atoms with E-state index in [0.717, 1.165) is 59.5 Å². The van der Waals surface area contributed by atoms with E-state index in [-0.39, 0.29) is 12.1 Å². The molecule has 0 spiro atoms. The van der Waals surface area contributed by atoms with Crippen molar-refractivity contribution in [2.45, 2.75) is 58.6 Å². The summed E-state index contributed by atoms with van der Waals surface area (Å²) in [5, 5.41) is 3.20. The van der Waals surface area contributed by atoms with Gasteiger partial charge in [0.1, 0.15) is 5.60 Å². The van der Waals surface area contributed by atoms with Gasteiger partial charge < -0.3 is 14.6 Å². The van der Waals surface area contributed by atoms with Crippen LogP contribution in [0.15, 0.2) is 66.9 Å². The number of nitrogens with zero attached hydrogens (tertiary/aromatic N) is 4. The number of hydrogen-bond acceptors (Lipinski definition) is 5. The molecule has 7 nitrogen and oxygen atoms in total. The van der Waals surface area contributed by atoms with Crippen LogP contribution in [0.5, 0.6) is 0 Å². The molecule has 0 unspecified atom stereocenters. The first-order valence-corrected chi connectivity index (χ1v) is 12.6. The highest BCUT2D eigenvalue weighted by molar-refractivity contribution is 5.90. The first-order chi connectivity index (χ1) is 17.3. The predicted octanol–water partition coefficient (Wildman–Crippen LogP) is 6.81. The highest BCUT2D eigenvalue weighted by Crippen LogP contribution is 2.34. The Morgan fingerprint density at radius 1 is 1.11 bits per heavy atom. The van der Waals surface area contributed by atoms with Gasteiger partial charge in [0, 0.05) is 24.0 Å². The highest BCUT2D eigenvalue weighted by atomic mass is 16.6. The lowest BCUT2D eigenvalue weighted by Crippen LogP contribution is -2.46. The molecule has 1 aliphatic rings. The monoisotopic (exact) mass is 483 g/mol. The second-order valence-corrected chi connectivity index (χ2v) is 10.2. The Kier molecular flexibility index (Phi) is 6.39. The quantitative estimate of drug-likeness (QED) is 0.326. The van der Waals surface area contributed by atoms with E-state index in [1.54, 1.807) is 0 Å². The molecule has 2 aromatic heterocycles. The van der Waals surface area contributed by atoms with Crippen molar-refractivity contribution in [1.82, 2.24) is 14.5 Å². The summed E-state index contributed by atoms with van der Waals surface area (Å²) < 4.78 is 7.91. The van der Waals surface area contributed by atoms with Crippen LogP contribution in [0.1, 0.15) is 47.0 Å². The van der Waals surface area contributed by atoms with Crippen molar-refractivity contribution in [3.63, 3.8) is 0 Å². The van der Waals surface area contributed by atoms with E-state index in [1.165, 1.54) is 0 Å². The molecule has 0 atom stereocenters. The normalized spacial score (nSPS) is 13.9. The van der Waals surface area contributed by atoms with E-state index >= 15 is 0 Å². The van der Waals surface area contributed by atoms with Crippen LogP contribution in [0.3, 0.4) is 0 Å². The fourth-order valence-electron chi connectivity index (χ4n) is 4.52. The first-order valence-electron chi connectivity index (χ1n) is 12.6. The third-order valence-electron chi connectivity index (χ3n) is 6.37. The van der Waals surface area contributed by atoms with E-state index in [9.17, 15) is 4.79 Å². The van der Waals surface area contributed by atoms with E-state index < -0.39 is 5.60 Å². The number of nitrogens with one attached hydrogen (secondary N) is 1. The Hall–Kier alpha value is -3.87. The molecule has 2 heterocycles. The van der Waals surface area contributed by atoms with Crippen molar-refractivity contribution in [3.8, 4) is 16.9 Å². The number of carbonyl (C=O) groups is 1. The largest absolute Gasteiger partial charge is 0.443 e. The Labute approximate surface area is 212 Å². The molecule has 1 fully saturated rings. The van der Waals surface area contributed by atoms with Gasteiger partial charge in [0.2, 0.25) is 5.95 Å². The fraction of sp³-hybridized carbons (Fsp3) is 0.345. The molecule has 0 saturated heterocycles. The average Bonchev–Trinajstić information content (AvgIpc) is 3.20. The van der Waals surface area contributed by atoms with Crippen molar-refractivity contribution < 1.29 is 9.53 Å². The summed E-state index contributed by atoms with van der Waals surface area (Å²) in [5.41, 5.74) is 5.20. The lowest BCUT2D eigenvalue weighted by molar-refractivity contribution is 0.0549. The second-order valence-electron chi connectivity index (χ2n) is 10.2. The zero-order valence-electron chi connectivity index (χ0n) is 21.4. The van der Waals surface area contributed by atoms with E-state index in [2.05, 4.69) is 45.2 Å².